The molecule has 3 N–H and O–H groups in total. The van der Waals surface area contributed by atoms with Crippen LogP contribution in [0.25, 0.3) is 10.4 Å². The van der Waals surface area contributed by atoms with E-state index in [-0.39, 0.29) is 17.6 Å². The molecule has 9 heteroatoms. The van der Waals surface area contributed by atoms with Crippen molar-refractivity contribution in [2.45, 2.75) is 31.1 Å². The van der Waals surface area contributed by atoms with E-state index in [9.17, 15) is 22.8 Å². The van der Waals surface area contributed by atoms with E-state index in [4.69, 9.17) is 0 Å². The molecule has 1 aromatic carbocycles. The zero-order valence-corrected chi connectivity index (χ0v) is 15.5. The van der Waals surface area contributed by atoms with Crippen molar-refractivity contribution in [3.8, 4) is 10.4 Å². The molecule has 0 spiro atoms. The Morgan fingerprint density at radius 2 is 1.96 bits per heavy atom. The summed E-state index contributed by atoms with van der Waals surface area (Å²) < 4.78 is 37.2. The SMILES string of the molecule is O=C(NC1CC2CNC1C2)c1ccc(-c2cccc(NC(=O)C(F)(F)F)c2)s1. The molecule has 2 aromatic rings. The summed E-state index contributed by atoms with van der Waals surface area (Å²) in [4.78, 5) is 24.9. The Morgan fingerprint density at radius 1 is 1.14 bits per heavy atom. The number of hydrogen-bond acceptors (Lipinski definition) is 4. The van der Waals surface area contributed by atoms with E-state index in [1.54, 1.807) is 24.3 Å². The minimum absolute atomic E-state index is 0.0484. The maximum atomic E-state index is 12.5. The first-order chi connectivity index (χ1) is 13.3. The zero-order valence-electron chi connectivity index (χ0n) is 14.7. The number of rotatable bonds is 4. The lowest BCUT2D eigenvalue weighted by atomic mass is 10.1. The minimum atomic E-state index is -4.95. The summed E-state index contributed by atoms with van der Waals surface area (Å²) in [5, 5.41) is 8.31. The summed E-state index contributed by atoms with van der Waals surface area (Å²) in [6, 6.07) is 10.0. The van der Waals surface area contributed by atoms with Crippen molar-refractivity contribution in [1.82, 2.24) is 10.6 Å². The molecule has 2 heterocycles. The number of amides is 2. The molecule has 2 aliphatic rings. The van der Waals surface area contributed by atoms with E-state index in [0.29, 0.717) is 22.4 Å². The molecule has 2 bridgehead atoms. The summed E-state index contributed by atoms with van der Waals surface area (Å²) in [5.41, 5.74) is 0.679. The zero-order chi connectivity index (χ0) is 19.9. The molecule has 28 heavy (non-hydrogen) atoms. The van der Waals surface area contributed by atoms with Gasteiger partial charge in [0.1, 0.15) is 0 Å². The molecule has 1 saturated heterocycles. The van der Waals surface area contributed by atoms with E-state index in [2.05, 4.69) is 10.6 Å². The van der Waals surface area contributed by atoms with E-state index < -0.39 is 12.1 Å². The van der Waals surface area contributed by atoms with Gasteiger partial charge >= 0.3 is 12.1 Å². The molecule has 148 valence electrons. The number of carbonyl (C=O) groups excluding carboxylic acids is 2. The molecule has 3 unspecified atom stereocenters. The van der Waals surface area contributed by atoms with Crippen molar-refractivity contribution in [3.05, 3.63) is 41.3 Å². The van der Waals surface area contributed by atoms with Gasteiger partial charge in [0.25, 0.3) is 5.91 Å². The van der Waals surface area contributed by atoms with Crippen LogP contribution in [-0.2, 0) is 4.79 Å². The third-order valence-corrected chi connectivity index (χ3v) is 6.27. The third-order valence-electron chi connectivity index (χ3n) is 5.14. The number of fused-ring (bicyclic) bond motifs is 2. The van der Waals surface area contributed by atoms with E-state index >= 15 is 0 Å². The highest BCUT2D eigenvalue weighted by Gasteiger charge is 2.40. The Hall–Kier alpha value is -2.39. The predicted octanol–water partition coefficient (Wildman–Crippen LogP) is 3.40. The molecule has 5 nitrogen and oxygen atoms in total. The van der Waals surface area contributed by atoms with Gasteiger partial charge in [-0.3, -0.25) is 9.59 Å². The van der Waals surface area contributed by atoms with Crippen molar-refractivity contribution in [2.24, 2.45) is 5.92 Å². The first kappa shape index (κ1) is 18.9. The van der Waals surface area contributed by atoms with Gasteiger partial charge in [-0.15, -0.1) is 11.3 Å². The molecular weight excluding hydrogens is 391 g/mol. The predicted molar refractivity (Wildman–Crippen MR) is 100 cm³/mol. The number of anilines is 1. The Morgan fingerprint density at radius 3 is 2.64 bits per heavy atom. The van der Waals surface area contributed by atoms with Crippen LogP contribution in [0.15, 0.2) is 36.4 Å². The van der Waals surface area contributed by atoms with Crippen molar-refractivity contribution in [2.75, 3.05) is 11.9 Å². The molecule has 1 aromatic heterocycles. The Balaban J connectivity index is 1.44. The monoisotopic (exact) mass is 409 g/mol. The number of thiophene rings is 1. The number of hydrogen-bond donors (Lipinski definition) is 3. The fourth-order valence-electron chi connectivity index (χ4n) is 3.82. The van der Waals surface area contributed by atoms with Crippen LogP contribution in [0.2, 0.25) is 0 Å². The van der Waals surface area contributed by atoms with Gasteiger partial charge in [-0.2, -0.15) is 13.2 Å². The van der Waals surface area contributed by atoms with Gasteiger partial charge in [-0.25, -0.2) is 0 Å². The Bertz CT molecular complexity index is 912. The second-order valence-electron chi connectivity index (χ2n) is 7.13. The molecule has 1 aliphatic heterocycles. The van der Waals surface area contributed by atoms with Gasteiger partial charge in [0.05, 0.1) is 4.88 Å². The van der Waals surface area contributed by atoms with Gasteiger partial charge in [0.15, 0.2) is 0 Å². The molecule has 3 atom stereocenters. The maximum absolute atomic E-state index is 12.5. The number of halogens is 3. The molecule has 0 radical (unpaired) electrons. The standard InChI is InChI=1S/C19H18F3N3O2S/c20-19(21,22)18(27)24-12-3-1-2-11(8-12)15-4-5-16(28-15)17(26)25-14-7-10-6-13(14)23-9-10/h1-5,8,10,13-14,23H,6-7,9H2,(H,24,27)(H,25,26). The van der Waals surface area contributed by atoms with Crippen molar-refractivity contribution in [1.29, 1.82) is 0 Å². The fraction of sp³-hybridized carbons (Fsp3) is 0.368. The van der Waals surface area contributed by atoms with Gasteiger partial charge in [-0.05, 0) is 55.1 Å². The van der Waals surface area contributed by atoms with E-state index in [0.717, 1.165) is 24.3 Å². The van der Waals surface area contributed by atoms with Gasteiger partial charge in [0.2, 0.25) is 0 Å². The van der Waals surface area contributed by atoms with Crippen molar-refractivity contribution in [3.63, 3.8) is 0 Å². The highest BCUT2D eigenvalue weighted by atomic mass is 32.1. The number of piperidine rings is 1. The first-order valence-corrected chi connectivity index (χ1v) is 9.74. The summed E-state index contributed by atoms with van der Waals surface area (Å²) >= 11 is 1.26. The number of benzene rings is 1. The van der Waals surface area contributed by atoms with Crippen molar-refractivity contribution < 1.29 is 22.8 Å². The second-order valence-corrected chi connectivity index (χ2v) is 8.21. The van der Waals surface area contributed by atoms with E-state index in [1.807, 2.05) is 5.32 Å². The van der Waals surface area contributed by atoms with Crippen LogP contribution >= 0.6 is 11.3 Å². The second kappa shape index (κ2) is 7.21. The van der Waals surface area contributed by atoms with Crippen LogP contribution in [0.4, 0.5) is 18.9 Å². The van der Waals surface area contributed by atoms with E-state index in [1.165, 1.54) is 23.5 Å². The maximum Gasteiger partial charge on any atom is 0.471 e. The van der Waals surface area contributed by atoms with Crippen LogP contribution in [0.3, 0.4) is 0 Å². The van der Waals surface area contributed by atoms with Gasteiger partial charge < -0.3 is 16.0 Å². The number of carbonyl (C=O) groups is 2. The average Bonchev–Trinajstić information content (AvgIpc) is 3.38. The minimum Gasteiger partial charge on any atom is -0.347 e. The Labute approximate surface area is 163 Å². The molecule has 4 rings (SSSR count). The summed E-state index contributed by atoms with van der Waals surface area (Å²) in [7, 11) is 0. The number of nitrogens with one attached hydrogen (secondary N) is 3. The smallest absolute Gasteiger partial charge is 0.347 e. The molecule has 2 amide bonds. The Kier molecular flexibility index (Phi) is 4.88. The molecule has 1 saturated carbocycles. The van der Waals surface area contributed by atoms with Crippen molar-refractivity contribution >= 4 is 28.8 Å². The van der Waals surface area contributed by atoms with Crippen LogP contribution < -0.4 is 16.0 Å². The van der Waals surface area contributed by atoms with Crippen LogP contribution in [0, 0.1) is 5.92 Å². The largest absolute Gasteiger partial charge is 0.471 e. The first-order valence-electron chi connectivity index (χ1n) is 8.92. The number of alkyl halides is 3. The lowest BCUT2D eigenvalue weighted by molar-refractivity contribution is -0.167. The molecule has 2 fully saturated rings. The van der Waals surface area contributed by atoms with Gasteiger partial charge in [0, 0.05) is 22.6 Å². The molecule has 1 aliphatic carbocycles. The quantitative estimate of drug-likeness (QED) is 0.725. The average molecular weight is 409 g/mol. The third kappa shape index (κ3) is 3.90. The van der Waals surface area contributed by atoms with Crippen LogP contribution in [-0.4, -0.2) is 36.6 Å². The lowest BCUT2D eigenvalue weighted by Gasteiger charge is -2.23. The molecular formula is C19H18F3N3O2S. The van der Waals surface area contributed by atoms with Gasteiger partial charge in [-0.1, -0.05) is 12.1 Å². The summed E-state index contributed by atoms with van der Waals surface area (Å²) in [5.74, 6) is -1.53. The highest BCUT2D eigenvalue weighted by Crippen LogP contribution is 2.33. The highest BCUT2D eigenvalue weighted by molar-refractivity contribution is 7.17. The topological polar surface area (TPSA) is 70.2 Å². The summed E-state index contributed by atoms with van der Waals surface area (Å²) in [6.07, 6.45) is -2.86. The fourth-order valence-corrected chi connectivity index (χ4v) is 4.73. The lowest BCUT2D eigenvalue weighted by Crippen LogP contribution is -2.47. The normalized spacial score (nSPS) is 23.6. The van der Waals surface area contributed by atoms with Crippen LogP contribution in [0.1, 0.15) is 22.5 Å². The van der Waals surface area contributed by atoms with Crippen LogP contribution in [0.5, 0.6) is 0 Å². The summed E-state index contributed by atoms with van der Waals surface area (Å²) in [6.45, 7) is 1.02.